The minimum absolute atomic E-state index is 0.137. The minimum atomic E-state index is 0.137. The normalized spacial score (nSPS) is 10.9. The molecular formula is C17H11BrN4O2. The SMILES string of the molecule is Brc1ccc2ncnc(OCc3nc(-c4ccccc4)no3)c2c1. The molecule has 4 aromatic rings. The Kier molecular flexibility index (Phi) is 3.92. The van der Waals surface area contributed by atoms with Crippen LogP contribution in [0.1, 0.15) is 5.89 Å². The van der Waals surface area contributed by atoms with Gasteiger partial charge in [0.25, 0.3) is 5.89 Å². The van der Waals surface area contributed by atoms with Gasteiger partial charge in [-0.05, 0) is 18.2 Å². The molecule has 0 bridgehead atoms. The highest BCUT2D eigenvalue weighted by Crippen LogP contribution is 2.25. The second-order valence-corrected chi connectivity index (χ2v) is 5.92. The zero-order valence-electron chi connectivity index (χ0n) is 12.4. The van der Waals surface area contributed by atoms with Crippen molar-refractivity contribution in [1.29, 1.82) is 0 Å². The van der Waals surface area contributed by atoms with E-state index in [1.165, 1.54) is 6.33 Å². The molecule has 24 heavy (non-hydrogen) atoms. The van der Waals surface area contributed by atoms with E-state index in [-0.39, 0.29) is 6.61 Å². The second kappa shape index (κ2) is 6.37. The quantitative estimate of drug-likeness (QED) is 0.530. The van der Waals surface area contributed by atoms with Crippen LogP contribution in [0.2, 0.25) is 0 Å². The smallest absolute Gasteiger partial charge is 0.264 e. The Morgan fingerprint density at radius 2 is 1.92 bits per heavy atom. The maximum absolute atomic E-state index is 5.74. The monoisotopic (exact) mass is 382 g/mol. The van der Waals surface area contributed by atoms with Gasteiger partial charge in [-0.1, -0.05) is 51.4 Å². The molecule has 0 saturated carbocycles. The van der Waals surface area contributed by atoms with Gasteiger partial charge in [-0.25, -0.2) is 9.97 Å². The molecule has 118 valence electrons. The van der Waals surface area contributed by atoms with Gasteiger partial charge in [-0.15, -0.1) is 0 Å². The summed E-state index contributed by atoms with van der Waals surface area (Å²) in [4.78, 5) is 12.7. The highest BCUT2D eigenvalue weighted by molar-refractivity contribution is 9.10. The van der Waals surface area contributed by atoms with Crippen molar-refractivity contribution in [3.8, 4) is 17.3 Å². The summed E-state index contributed by atoms with van der Waals surface area (Å²) in [6.07, 6.45) is 1.47. The van der Waals surface area contributed by atoms with Crippen LogP contribution < -0.4 is 4.74 Å². The predicted molar refractivity (Wildman–Crippen MR) is 91.3 cm³/mol. The molecule has 0 spiro atoms. The van der Waals surface area contributed by atoms with E-state index in [1.54, 1.807) is 0 Å². The van der Waals surface area contributed by atoms with Crippen LogP contribution in [-0.4, -0.2) is 20.1 Å². The molecule has 2 aromatic carbocycles. The Hall–Kier alpha value is -2.80. The Labute approximate surface area is 145 Å². The lowest BCUT2D eigenvalue weighted by Crippen LogP contribution is -1.99. The van der Waals surface area contributed by atoms with E-state index in [1.807, 2.05) is 48.5 Å². The molecule has 0 aliphatic heterocycles. The minimum Gasteiger partial charge on any atom is -0.467 e. The van der Waals surface area contributed by atoms with Crippen LogP contribution in [0.4, 0.5) is 0 Å². The maximum Gasteiger partial charge on any atom is 0.264 e. The number of hydrogen-bond donors (Lipinski definition) is 0. The van der Waals surface area contributed by atoms with E-state index >= 15 is 0 Å². The number of nitrogens with zero attached hydrogens (tertiary/aromatic N) is 4. The second-order valence-electron chi connectivity index (χ2n) is 5.01. The van der Waals surface area contributed by atoms with Gasteiger partial charge in [0.05, 0.1) is 10.9 Å². The molecule has 0 radical (unpaired) electrons. The standard InChI is InChI=1S/C17H11BrN4O2/c18-12-6-7-14-13(8-12)17(20-10-19-14)23-9-15-21-16(22-24-15)11-4-2-1-3-5-11/h1-8,10H,9H2. The molecule has 0 amide bonds. The lowest BCUT2D eigenvalue weighted by atomic mass is 10.2. The van der Waals surface area contributed by atoms with E-state index < -0.39 is 0 Å². The average Bonchev–Trinajstić information content (AvgIpc) is 3.10. The lowest BCUT2D eigenvalue weighted by Gasteiger charge is -2.05. The molecule has 0 N–H and O–H groups in total. The molecule has 2 aromatic heterocycles. The molecule has 0 aliphatic carbocycles. The molecular weight excluding hydrogens is 372 g/mol. The van der Waals surface area contributed by atoms with Crippen molar-refractivity contribution >= 4 is 26.8 Å². The molecule has 0 atom stereocenters. The number of rotatable bonds is 4. The van der Waals surface area contributed by atoms with Gasteiger partial charge in [0.1, 0.15) is 6.33 Å². The maximum atomic E-state index is 5.74. The van der Waals surface area contributed by atoms with Gasteiger partial charge in [-0.3, -0.25) is 0 Å². The van der Waals surface area contributed by atoms with Crippen molar-refractivity contribution in [2.45, 2.75) is 6.61 Å². The van der Waals surface area contributed by atoms with Crippen molar-refractivity contribution in [3.05, 3.63) is 65.2 Å². The molecule has 0 fully saturated rings. The summed E-state index contributed by atoms with van der Waals surface area (Å²) in [7, 11) is 0. The van der Waals surface area contributed by atoms with Crippen LogP contribution in [0.3, 0.4) is 0 Å². The van der Waals surface area contributed by atoms with Crippen LogP contribution in [0, 0.1) is 0 Å². The Morgan fingerprint density at radius 3 is 2.79 bits per heavy atom. The first kappa shape index (κ1) is 14.8. The van der Waals surface area contributed by atoms with Crippen molar-refractivity contribution in [3.63, 3.8) is 0 Å². The summed E-state index contributed by atoms with van der Waals surface area (Å²) in [6, 6.07) is 15.4. The largest absolute Gasteiger partial charge is 0.467 e. The fraction of sp³-hybridized carbons (Fsp3) is 0.0588. The third kappa shape index (κ3) is 2.98. The van der Waals surface area contributed by atoms with E-state index in [0.29, 0.717) is 17.6 Å². The first-order chi connectivity index (χ1) is 11.8. The zero-order chi connectivity index (χ0) is 16.4. The van der Waals surface area contributed by atoms with Crippen molar-refractivity contribution in [1.82, 2.24) is 20.1 Å². The third-order valence-corrected chi connectivity index (χ3v) is 3.89. The topological polar surface area (TPSA) is 73.9 Å². The molecule has 6 nitrogen and oxygen atoms in total. The molecule has 7 heteroatoms. The number of ether oxygens (including phenoxy) is 1. The van der Waals surface area contributed by atoms with Gasteiger partial charge < -0.3 is 9.26 Å². The van der Waals surface area contributed by atoms with Gasteiger partial charge >= 0.3 is 0 Å². The Bertz CT molecular complexity index is 988. The van der Waals surface area contributed by atoms with Crippen molar-refractivity contribution in [2.75, 3.05) is 0 Å². The van der Waals surface area contributed by atoms with Gasteiger partial charge in [0.2, 0.25) is 11.7 Å². The van der Waals surface area contributed by atoms with Gasteiger partial charge in [-0.2, -0.15) is 4.98 Å². The lowest BCUT2D eigenvalue weighted by molar-refractivity contribution is 0.238. The van der Waals surface area contributed by atoms with Crippen molar-refractivity contribution in [2.24, 2.45) is 0 Å². The summed E-state index contributed by atoms with van der Waals surface area (Å²) < 4.78 is 11.9. The number of fused-ring (bicyclic) bond motifs is 1. The van der Waals surface area contributed by atoms with Crippen LogP contribution in [0.5, 0.6) is 5.88 Å². The highest BCUT2D eigenvalue weighted by atomic mass is 79.9. The number of benzene rings is 2. The molecule has 0 aliphatic rings. The van der Waals surface area contributed by atoms with Crippen molar-refractivity contribution < 1.29 is 9.26 Å². The third-order valence-electron chi connectivity index (χ3n) is 3.39. The number of hydrogen-bond acceptors (Lipinski definition) is 6. The highest BCUT2D eigenvalue weighted by Gasteiger charge is 2.11. The fourth-order valence-corrected chi connectivity index (χ4v) is 2.63. The molecule has 0 saturated heterocycles. The molecule has 0 unspecified atom stereocenters. The first-order valence-electron chi connectivity index (χ1n) is 7.21. The van der Waals surface area contributed by atoms with Crippen LogP contribution in [-0.2, 0) is 6.61 Å². The summed E-state index contributed by atoms with van der Waals surface area (Å²) in [5.41, 5.74) is 1.70. The average molecular weight is 383 g/mol. The van der Waals surface area contributed by atoms with E-state index in [0.717, 1.165) is 20.9 Å². The Morgan fingerprint density at radius 1 is 1.04 bits per heavy atom. The summed E-state index contributed by atoms with van der Waals surface area (Å²) in [5.74, 6) is 1.39. The van der Waals surface area contributed by atoms with Gasteiger partial charge in [0.15, 0.2) is 6.61 Å². The summed E-state index contributed by atoms with van der Waals surface area (Å²) in [6.45, 7) is 0.137. The summed E-state index contributed by atoms with van der Waals surface area (Å²) >= 11 is 3.44. The van der Waals surface area contributed by atoms with E-state index in [2.05, 4.69) is 36.0 Å². The van der Waals surface area contributed by atoms with E-state index in [9.17, 15) is 0 Å². The molecule has 4 rings (SSSR count). The first-order valence-corrected chi connectivity index (χ1v) is 8.00. The number of halogens is 1. The summed E-state index contributed by atoms with van der Waals surface area (Å²) in [5, 5.41) is 4.78. The van der Waals surface area contributed by atoms with Crippen LogP contribution in [0.15, 0.2) is 63.9 Å². The van der Waals surface area contributed by atoms with Gasteiger partial charge in [0, 0.05) is 10.0 Å². The van der Waals surface area contributed by atoms with Crippen LogP contribution in [0.25, 0.3) is 22.3 Å². The number of aromatic nitrogens is 4. The fourth-order valence-electron chi connectivity index (χ4n) is 2.27. The zero-order valence-corrected chi connectivity index (χ0v) is 14.0. The van der Waals surface area contributed by atoms with Crippen LogP contribution >= 0.6 is 15.9 Å². The Balaban J connectivity index is 1.56. The predicted octanol–water partition coefficient (Wildman–Crippen LogP) is 4.02. The molecule has 2 heterocycles. The van der Waals surface area contributed by atoms with E-state index in [4.69, 9.17) is 9.26 Å².